The molecular weight excluding hydrogens is 293 g/mol. The molecule has 1 saturated heterocycles. The van der Waals surface area contributed by atoms with Crippen LogP contribution in [-0.2, 0) is 0 Å². The minimum atomic E-state index is -0.906. The van der Waals surface area contributed by atoms with E-state index in [9.17, 15) is 14.0 Å². The topological polar surface area (TPSA) is 105 Å². The van der Waals surface area contributed by atoms with Gasteiger partial charge >= 0.3 is 0 Å². The van der Waals surface area contributed by atoms with Gasteiger partial charge in [0.05, 0.1) is 11.7 Å². The number of aryl methyl sites for hydroxylation is 2. The maximum absolute atomic E-state index is 13.4. The van der Waals surface area contributed by atoms with Gasteiger partial charge in [0, 0.05) is 6.54 Å². The number of halogens is 1. The zero-order chi connectivity index (χ0) is 15.9. The van der Waals surface area contributed by atoms with E-state index in [0.29, 0.717) is 18.7 Å². The number of aromatic amines is 1. The summed E-state index contributed by atoms with van der Waals surface area (Å²) >= 11 is 0. The van der Waals surface area contributed by atoms with Gasteiger partial charge in [0.1, 0.15) is 11.5 Å². The van der Waals surface area contributed by atoms with Gasteiger partial charge in [-0.2, -0.15) is 4.39 Å². The summed E-state index contributed by atoms with van der Waals surface area (Å²) in [6.45, 7) is 3.54. The summed E-state index contributed by atoms with van der Waals surface area (Å²) in [5, 5.41) is 7.20. The zero-order valence-corrected chi connectivity index (χ0v) is 12.1. The summed E-state index contributed by atoms with van der Waals surface area (Å²) in [5.41, 5.74) is -0.293. The minimum absolute atomic E-state index is 0.0114. The van der Waals surface area contributed by atoms with Crippen molar-refractivity contribution < 1.29 is 13.8 Å². The number of nitrogens with one attached hydrogen (secondary N) is 1. The molecule has 3 heterocycles. The highest BCUT2D eigenvalue weighted by molar-refractivity contribution is 5.93. The molecule has 0 radical (unpaired) electrons. The number of carbonyl (C=O) groups excluding carboxylic acids is 1. The third kappa shape index (κ3) is 2.28. The normalized spacial score (nSPS) is 18.0. The molecule has 9 heteroatoms. The molecule has 1 aliphatic heterocycles. The molecule has 0 bridgehead atoms. The number of carbonyl (C=O) groups is 1. The van der Waals surface area contributed by atoms with Crippen molar-refractivity contribution in [2.45, 2.75) is 32.7 Å². The van der Waals surface area contributed by atoms with Crippen molar-refractivity contribution in [3.8, 4) is 0 Å². The Morgan fingerprint density at radius 1 is 1.36 bits per heavy atom. The Labute approximate surface area is 124 Å². The number of nitrogens with zero attached hydrogens (tertiary/aromatic N) is 4. The predicted molar refractivity (Wildman–Crippen MR) is 71.6 cm³/mol. The standard InChI is InChI=1S/C13H14FN5O3/c1-6-9(14)12(20)16-11(15-6)8-4-3-5-19(8)13(21)10-7(2)17-22-18-10/h8H,3-5H2,1-2H3,(H,15,16,20)/t8-/m1/s1. The van der Waals surface area contributed by atoms with E-state index in [-0.39, 0.29) is 23.1 Å². The quantitative estimate of drug-likeness (QED) is 0.883. The van der Waals surface area contributed by atoms with Gasteiger partial charge in [-0.05, 0) is 31.8 Å². The third-order valence-corrected chi connectivity index (χ3v) is 3.73. The van der Waals surface area contributed by atoms with Crippen LogP contribution in [0.3, 0.4) is 0 Å². The SMILES string of the molecule is Cc1nonc1C(=O)N1CCC[C@@H]1c1nc(C)c(F)c(=O)[nH]1. The molecule has 116 valence electrons. The second kappa shape index (κ2) is 5.32. The van der Waals surface area contributed by atoms with Crippen LogP contribution in [0.4, 0.5) is 4.39 Å². The van der Waals surface area contributed by atoms with Crippen LogP contribution < -0.4 is 5.56 Å². The molecule has 1 atom stereocenters. The molecule has 3 rings (SSSR count). The smallest absolute Gasteiger partial charge is 0.287 e. The Kier molecular flexibility index (Phi) is 3.47. The molecule has 0 unspecified atom stereocenters. The van der Waals surface area contributed by atoms with E-state index in [0.717, 1.165) is 6.42 Å². The van der Waals surface area contributed by atoms with Gasteiger partial charge in [-0.1, -0.05) is 5.16 Å². The van der Waals surface area contributed by atoms with Crippen molar-refractivity contribution in [3.63, 3.8) is 0 Å². The lowest BCUT2D eigenvalue weighted by Gasteiger charge is -2.23. The fourth-order valence-corrected chi connectivity index (χ4v) is 2.61. The average molecular weight is 307 g/mol. The molecular formula is C13H14FN5O3. The predicted octanol–water partition coefficient (Wildman–Crippen LogP) is 0.886. The molecule has 1 fully saturated rings. The van der Waals surface area contributed by atoms with Crippen LogP contribution in [0.15, 0.2) is 9.42 Å². The fourth-order valence-electron chi connectivity index (χ4n) is 2.61. The Bertz CT molecular complexity index is 784. The minimum Gasteiger partial charge on any atom is -0.327 e. The molecule has 1 amide bonds. The van der Waals surface area contributed by atoms with Crippen molar-refractivity contribution in [2.24, 2.45) is 0 Å². The summed E-state index contributed by atoms with van der Waals surface area (Å²) in [7, 11) is 0. The summed E-state index contributed by atoms with van der Waals surface area (Å²) in [5.74, 6) is -0.967. The Morgan fingerprint density at radius 3 is 2.77 bits per heavy atom. The highest BCUT2D eigenvalue weighted by Crippen LogP contribution is 2.31. The molecule has 2 aromatic rings. The lowest BCUT2D eigenvalue weighted by Crippen LogP contribution is -2.33. The number of amides is 1. The van der Waals surface area contributed by atoms with Crippen LogP contribution >= 0.6 is 0 Å². The van der Waals surface area contributed by atoms with E-state index < -0.39 is 17.4 Å². The first-order valence-electron chi connectivity index (χ1n) is 6.85. The second-order valence-corrected chi connectivity index (χ2v) is 5.21. The van der Waals surface area contributed by atoms with Gasteiger partial charge in [-0.25, -0.2) is 9.61 Å². The van der Waals surface area contributed by atoms with Crippen molar-refractivity contribution in [1.82, 2.24) is 25.2 Å². The van der Waals surface area contributed by atoms with Gasteiger partial charge in [0.2, 0.25) is 5.82 Å². The summed E-state index contributed by atoms with van der Waals surface area (Å²) in [6.07, 6.45) is 1.38. The van der Waals surface area contributed by atoms with Crippen molar-refractivity contribution >= 4 is 5.91 Å². The van der Waals surface area contributed by atoms with E-state index in [1.807, 2.05) is 0 Å². The lowest BCUT2D eigenvalue weighted by atomic mass is 10.2. The zero-order valence-electron chi connectivity index (χ0n) is 12.1. The number of hydrogen-bond donors (Lipinski definition) is 1. The van der Waals surface area contributed by atoms with Crippen LogP contribution in [0, 0.1) is 19.7 Å². The van der Waals surface area contributed by atoms with Crippen LogP contribution in [-0.4, -0.2) is 37.6 Å². The van der Waals surface area contributed by atoms with Crippen LogP contribution in [0.5, 0.6) is 0 Å². The first-order chi connectivity index (χ1) is 10.5. The second-order valence-electron chi connectivity index (χ2n) is 5.21. The van der Waals surface area contributed by atoms with E-state index in [4.69, 9.17) is 0 Å². The van der Waals surface area contributed by atoms with Gasteiger partial charge in [-0.3, -0.25) is 9.59 Å². The molecule has 22 heavy (non-hydrogen) atoms. The number of H-pyrrole nitrogens is 1. The van der Waals surface area contributed by atoms with E-state index in [1.165, 1.54) is 6.92 Å². The summed E-state index contributed by atoms with van der Waals surface area (Å²) in [6, 6.07) is -0.421. The van der Waals surface area contributed by atoms with Gasteiger partial charge in [0.15, 0.2) is 5.69 Å². The van der Waals surface area contributed by atoms with E-state index >= 15 is 0 Å². The van der Waals surface area contributed by atoms with Gasteiger partial charge < -0.3 is 9.88 Å². The Balaban J connectivity index is 1.96. The molecule has 0 aliphatic carbocycles. The lowest BCUT2D eigenvalue weighted by molar-refractivity contribution is 0.0717. The van der Waals surface area contributed by atoms with Crippen molar-refractivity contribution in [1.29, 1.82) is 0 Å². The summed E-state index contributed by atoms with van der Waals surface area (Å²) < 4.78 is 18.0. The highest BCUT2D eigenvalue weighted by Gasteiger charge is 2.34. The number of rotatable bonds is 2. The molecule has 0 spiro atoms. The monoisotopic (exact) mass is 307 g/mol. The molecule has 0 saturated carbocycles. The first-order valence-corrected chi connectivity index (χ1v) is 6.85. The first kappa shape index (κ1) is 14.4. The fraction of sp³-hybridized carbons (Fsp3) is 0.462. The maximum atomic E-state index is 13.4. The molecule has 8 nitrogen and oxygen atoms in total. The molecule has 0 aromatic carbocycles. The van der Waals surface area contributed by atoms with E-state index in [1.54, 1.807) is 11.8 Å². The van der Waals surface area contributed by atoms with Crippen LogP contribution in [0.25, 0.3) is 0 Å². The van der Waals surface area contributed by atoms with Crippen LogP contribution in [0.1, 0.15) is 46.6 Å². The van der Waals surface area contributed by atoms with Crippen molar-refractivity contribution in [2.75, 3.05) is 6.54 Å². The summed E-state index contributed by atoms with van der Waals surface area (Å²) in [4.78, 5) is 32.1. The van der Waals surface area contributed by atoms with Crippen molar-refractivity contribution in [3.05, 3.63) is 39.1 Å². The third-order valence-electron chi connectivity index (χ3n) is 3.73. The molecule has 1 aliphatic rings. The number of aromatic nitrogens is 4. The Morgan fingerprint density at radius 2 is 2.14 bits per heavy atom. The number of likely N-dealkylation sites (tertiary alicyclic amines) is 1. The Hall–Kier alpha value is -2.58. The maximum Gasteiger partial charge on any atom is 0.287 e. The molecule has 1 N–H and O–H groups in total. The van der Waals surface area contributed by atoms with Crippen LogP contribution in [0.2, 0.25) is 0 Å². The average Bonchev–Trinajstić information content (AvgIpc) is 3.12. The van der Waals surface area contributed by atoms with Gasteiger partial charge in [0.25, 0.3) is 11.5 Å². The largest absolute Gasteiger partial charge is 0.327 e. The number of hydrogen-bond acceptors (Lipinski definition) is 6. The highest BCUT2D eigenvalue weighted by atomic mass is 19.1. The molecule has 2 aromatic heterocycles. The van der Waals surface area contributed by atoms with Gasteiger partial charge in [-0.15, -0.1) is 0 Å². The van der Waals surface area contributed by atoms with E-state index in [2.05, 4.69) is 24.9 Å².